The van der Waals surface area contributed by atoms with Crippen molar-refractivity contribution in [3.8, 4) is 22.8 Å². The normalized spacial score (nSPS) is 10.4. The van der Waals surface area contributed by atoms with Crippen LogP contribution in [0.4, 0.5) is 11.8 Å². The summed E-state index contributed by atoms with van der Waals surface area (Å²) in [6.45, 7) is 7.09. The van der Waals surface area contributed by atoms with E-state index in [1.807, 2.05) is 48.5 Å². The Balaban J connectivity index is 1.69. The summed E-state index contributed by atoms with van der Waals surface area (Å²) in [5.41, 5.74) is 1.97. The highest BCUT2D eigenvalue weighted by Gasteiger charge is 2.11. The van der Waals surface area contributed by atoms with Gasteiger partial charge in [0.25, 0.3) is 0 Å². The van der Waals surface area contributed by atoms with E-state index in [9.17, 15) is 0 Å². The monoisotopic (exact) mass is 392 g/mol. The van der Waals surface area contributed by atoms with Crippen LogP contribution in [0.15, 0.2) is 60.7 Å². The molecule has 6 heteroatoms. The molecule has 0 aliphatic heterocycles. The second-order valence-electron chi connectivity index (χ2n) is 6.43. The number of ether oxygens (including phenoxy) is 2. The van der Waals surface area contributed by atoms with Gasteiger partial charge < -0.3 is 19.7 Å². The zero-order valence-corrected chi connectivity index (χ0v) is 17.3. The summed E-state index contributed by atoms with van der Waals surface area (Å²) in [5, 5.41) is 3.36. The lowest BCUT2D eigenvalue weighted by molar-refractivity contribution is 0.331. The molecule has 0 atom stereocenters. The van der Waals surface area contributed by atoms with Crippen molar-refractivity contribution in [2.45, 2.75) is 13.8 Å². The van der Waals surface area contributed by atoms with Crippen LogP contribution in [0.1, 0.15) is 13.8 Å². The summed E-state index contributed by atoms with van der Waals surface area (Å²) < 4.78 is 11.0. The minimum Gasteiger partial charge on any atom is -0.497 e. The molecule has 0 radical (unpaired) electrons. The third-order valence-electron chi connectivity index (χ3n) is 4.57. The third-order valence-corrected chi connectivity index (χ3v) is 4.57. The lowest BCUT2D eigenvalue weighted by Crippen LogP contribution is -2.25. The number of methoxy groups -OCH3 is 1. The maximum atomic E-state index is 5.79. The van der Waals surface area contributed by atoms with E-state index < -0.39 is 0 Å². The molecule has 3 aromatic rings. The molecule has 0 fully saturated rings. The van der Waals surface area contributed by atoms with Crippen molar-refractivity contribution in [1.82, 2.24) is 9.97 Å². The fourth-order valence-electron chi connectivity index (χ4n) is 2.95. The van der Waals surface area contributed by atoms with Gasteiger partial charge in [0.1, 0.15) is 23.9 Å². The lowest BCUT2D eigenvalue weighted by Gasteiger charge is -2.20. The fourth-order valence-corrected chi connectivity index (χ4v) is 2.95. The van der Waals surface area contributed by atoms with Crippen LogP contribution in [0, 0.1) is 0 Å². The van der Waals surface area contributed by atoms with Crippen molar-refractivity contribution >= 4 is 11.8 Å². The summed E-state index contributed by atoms with van der Waals surface area (Å²) in [7, 11) is 1.65. The number of benzene rings is 2. The molecule has 0 spiro atoms. The number of nitrogens with one attached hydrogen (secondary N) is 1. The van der Waals surface area contributed by atoms with Gasteiger partial charge in [-0.3, -0.25) is 0 Å². The van der Waals surface area contributed by atoms with Gasteiger partial charge in [0, 0.05) is 24.7 Å². The summed E-state index contributed by atoms with van der Waals surface area (Å²) in [6, 6.07) is 19.7. The highest BCUT2D eigenvalue weighted by molar-refractivity contribution is 5.64. The van der Waals surface area contributed by atoms with Gasteiger partial charge in [-0.2, -0.15) is 4.98 Å². The number of hydrogen-bond acceptors (Lipinski definition) is 6. The maximum absolute atomic E-state index is 5.79. The van der Waals surface area contributed by atoms with Crippen LogP contribution in [0.3, 0.4) is 0 Å². The van der Waals surface area contributed by atoms with Crippen molar-refractivity contribution in [3.63, 3.8) is 0 Å². The molecular formula is C23H28N4O2. The molecule has 0 aliphatic carbocycles. The van der Waals surface area contributed by atoms with Gasteiger partial charge in [-0.05, 0) is 38.1 Å². The van der Waals surface area contributed by atoms with Crippen LogP contribution in [0.2, 0.25) is 0 Å². The zero-order chi connectivity index (χ0) is 20.5. The summed E-state index contributed by atoms with van der Waals surface area (Å²) in [5.74, 6) is 3.15. The van der Waals surface area contributed by atoms with Crippen molar-refractivity contribution in [1.29, 1.82) is 0 Å². The van der Waals surface area contributed by atoms with E-state index in [2.05, 4.69) is 36.2 Å². The van der Waals surface area contributed by atoms with Crippen molar-refractivity contribution in [2.24, 2.45) is 0 Å². The van der Waals surface area contributed by atoms with E-state index in [1.54, 1.807) is 7.11 Å². The molecular weight excluding hydrogens is 364 g/mol. The average molecular weight is 393 g/mol. The van der Waals surface area contributed by atoms with E-state index >= 15 is 0 Å². The first kappa shape index (κ1) is 20.5. The molecule has 29 heavy (non-hydrogen) atoms. The highest BCUT2D eigenvalue weighted by atomic mass is 16.5. The molecule has 0 unspecified atom stereocenters. The Hall–Kier alpha value is -3.28. The van der Waals surface area contributed by atoms with Gasteiger partial charge in [0.15, 0.2) is 0 Å². The van der Waals surface area contributed by atoms with E-state index in [1.165, 1.54) is 0 Å². The molecule has 0 bridgehead atoms. The molecule has 0 aliphatic rings. The largest absolute Gasteiger partial charge is 0.497 e. The topological polar surface area (TPSA) is 59.5 Å². The molecule has 2 aromatic carbocycles. The predicted octanol–water partition coefficient (Wildman–Crippen LogP) is 4.49. The van der Waals surface area contributed by atoms with Crippen LogP contribution >= 0.6 is 0 Å². The molecule has 3 rings (SSSR count). The number of hydrogen-bond donors (Lipinski definition) is 1. The van der Waals surface area contributed by atoms with E-state index in [0.29, 0.717) is 13.2 Å². The Morgan fingerprint density at radius 2 is 1.59 bits per heavy atom. The first-order chi connectivity index (χ1) is 14.2. The fraction of sp³-hybridized carbons (Fsp3) is 0.304. The molecule has 1 heterocycles. The van der Waals surface area contributed by atoms with Crippen molar-refractivity contribution in [3.05, 3.63) is 60.7 Å². The summed E-state index contributed by atoms with van der Waals surface area (Å²) >= 11 is 0. The maximum Gasteiger partial charge on any atom is 0.227 e. The van der Waals surface area contributed by atoms with Crippen LogP contribution in [-0.4, -0.2) is 43.3 Å². The lowest BCUT2D eigenvalue weighted by atomic mass is 10.1. The Labute approximate surface area is 172 Å². The molecule has 0 saturated heterocycles. The molecule has 1 N–H and O–H groups in total. The van der Waals surface area contributed by atoms with Gasteiger partial charge in [-0.25, -0.2) is 4.98 Å². The number of rotatable bonds is 10. The van der Waals surface area contributed by atoms with E-state index in [4.69, 9.17) is 19.4 Å². The van der Waals surface area contributed by atoms with Crippen LogP contribution < -0.4 is 19.7 Å². The number of anilines is 2. The molecule has 0 saturated carbocycles. The molecule has 152 valence electrons. The number of nitrogens with zero attached hydrogens (tertiary/aromatic N) is 3. The summed E-state index contributed by atoms with van der Waals surface area (Å²) in [6.07, 6.45) is 0. The van der Waals surface area contributed by atoms with E-state index in [-0.39, 0.29) is 0 Å². The summed E-state index contributed by atoms with van der Waals surface area (Å²) in [4.78, 5) is 11.6. The molecule has 0 amide bonds. The first-order valence-corrected chi connectivity index (χ1v) is 9.93. The minimum absolute atomic E-state index is 0.525. The first-order valence-electron chi connectivity index (χ1n) is 9.93. The van der Waals surface area contributed by atoms with Crippen LogP contribution in [0.25, 0.3) is 11.3 Å². The third kappa shape index (κ3) is 5.60. The Bertz CT molecular complexity index is 881. The molecule has 6 nitrogen and oxygen atoms in total. The highest BCUT2D eigenvalue weighted by Crippen LogP contribution is 2.23. The van der Waals surface area contributed by atoms with Gasteiger partial charge in [0.2, 0.25) is 5.95 Å². The van der Waals surface area contributed by atoms with Crippen LogP contribution in [-0.2, 0) is 0 Å². The smallest absolute Gasteiger partial charge is 0.227 e. The molecule has 1 aromatic heterocycles. The number of aromatic nitrogens is 2. The quantitative estimate of drug-likeness (QED) is 0.513. The van der Waals surface area contributed by atoms with Gasteiger partial charge in [-0.15, -0.1) is 0 Å². The SMILES string of the molecule is CCN(CC)c1nc(NCCOc2ccc(OC)cc2)cc(-c2ccccc2)n1. The second kappa shape index (κ2) is 10.3. The van der Waals surface area contributed by atoms with Crippen molar-refractivity contribution < 1.29 is 9.47 Å². The van der Waals surface area contributed by atoms with Crippen LogP contribution in [0.5, 0.6) is 11.5 Å². The Morgan fingerprint density at radius 3 is 2.24 bits per heavy atom. The Morgan fingerprint density at radius 1 is 0.897 bits per heavy atom. The van der Waals surface area contributed by atoms with Crippen molar-refractivity contribution in [2.75, 3.05) is 43.6 Å². The average Bonchev–Trinajstić information content (AvgIpc) is 2.78. The van der Waals surface area contributed by atoms with E-state index in [0.717, 1.165) is 47.6 Å². The standard InChI is InChI=1S/C23H28N4O2/c1-4-27(5-2)23-25-21(18-9-7-6-8-10-18)17-22(26-23)24-15-16-29-20-13-11-19(28-3)12-14-20/h6-14,17H,4-5,15-16H2,1-3H3,(H,24,25,26). The van der Waals surface area contributed by atoms with Gasteiger partial charge in [-0.1, -0.05) is 30.3 Å². The zero-order valence-electron chi connectivity index (χ0n) is 17.3. The van der Waals surface area contributed by atoms with Gasteiger partial charge >= 0.3 is 0 Å². The van der Waals surface area contributed by atoms with Gasteiger partial charge in [0.05, 0.1) is 19.3 Å². The second-order valence-corrected chi connectivity index (χ2v) is 6.43. The minimum atomic E-state index is 0.525. The Kier molecular flexibility index (Phi) is 7.28. The predicted molar refractivity (Wildman–Crippen MR) is 118 cm³/mol.